The summed E-state index contributed by atoms with van der Waals surface area (Å²) >= 11 is 0. The molecule has 0 aliphatic heterocycles. The van der Waals surface area contributed by atoms with Gasteiger partial charge < -0.3 is 16.8 Å². The fourth-order valence-corrected chi connectivity index (χ4v) is 1.07. The van der Waals surface area contributed by atoms with E-state index in [1.54, 1.807) is 6.20 Å². The molecule has 0 spiro atoms. The van der Waals surface area contributed by atoms with Crippen molar-refractivity contribution in [2.75, 3.05) is 17.6 Å². The van der Waals surface area contributed by atoms with Gasteiger partial charge in [-0.3, -0.25) is 4.79 Å². The summed E-state index contributed by atoms with van der Waals surface area (Å²) in [5.41, 5.74) is 10.4. The number of nitrogens with one attached hydrogen (secondary N) is 1. The molecular weight excluding hydrogens is 194 g/mol. The zero-order valence-corrected chi connectivity index (χ0v) is 8.44. The standard InChI is InChI=1S/C9H15N5O/c10-7-5-14-9(6-13-7)12-4-2-1-3-8(11)15/h5-6H,1-4H2,(H2,10,13)(H2,11,15)(H,12,14). The van der Waals surface area contributed by atoms with Crippen molar-refractivity contribution in [1.82, 2.24) is 9.97 Å². The molecular formula is C9H15N5O. The van der Waals surface area contributed by atoms with Crippen molar-refractivity contribution in [1.29, 1.82) is 0 Å². The minimum atomic E-state index is -0.262. The van der Waals surface area contributed by atoms with Crippen LogP contribution >= 0.6 is 0 Å². The Kier molecular flexibility index (Phi) is 4.33. The lowest BCUT2D eigenvalue weighted by molar-refractivity contribution is -0.118. The second kappa shape index (κ2) is 5.79. The van der Waals surface area contributed by atoms with Gasteiger partial charge in [-0.15, -0.1) is 0 Å². The van der Waals surface area contributed by atoms with Crippen LogP contribution in [0.2, 0.25) is 0 Å². The molecule has 1 aromatic rings. The molecule has 1 amide bonds. The fourth-order valence-electron chi connectivity index (χ4n) is 1.07. The van der Waals surface area contributed by atoms with Crippen LogP contribution < -0.4 is 16.8 Å². The number of carbonyl (C=O) groups is 1. The van der Waals surface area contributed by atoms with Crippen molar-refractivity contribution in [3.8, 4) is 0 Å². The van der Waals surface area contributed by atoms with Crippen LogP contribution in [-0.2, 0) is 4.79 Å². The lowest BCUT2D eigenvalue weighted by Crippen LogP contribution is -2.11. The molecule has 1 aromatic heterocycles. The van der Waals surface area contributed by atoms with E-state index >= 15 is 0 Å². The molecule has 1 heterocycles. The Labute approximate surface area is 88.1 Å². The zero-order valence-electron chi connectivity index (χ0n) is 8.44. The molecule has 0 radical (unpaired) electrons. The van der Waals surface area contributed by atoms with Gasteiger partial charge in [-0.1, -0.05) is 0 Å². The quantitative estimate of drug-likeness (QED) is 0.577. The highest BCUT2D eigenvalue weighted by molar-refractivity contribution is 5.73. The van der Waals surface area contributed by atoms with Gasteiger partial charge in [0.05, 0.1) is 12.4 Å². The van der Waals surface area contributed by atoms with Gasteiger partial charge in [0.1, 0.15) is 11.6 Å². The highest BCUT2D eigenvalue weighted by Crippen LogP contribution is 2.02. The van der Waals surface area contributed by atoms with Crippen LogP contribution in [0.1, 0.15) is 19.3 Å². The number of nitrogens with zero attached hydrogens (tertiary/aromatic N) is 2. The fraction of sp³-hybridized carbons (Fsp3) is 0.444. The van der Waals surface area contributed by atoms with Crippen LogP contribution in [0.3, 0.4) is 0 Å². The smallest absolute Gasteiger partial charge is 0.217 e. The summed E-state index contributed by atoms with van der Waals surface area (Å²) in [6, 6.07) is 0. The lowest BCUT2D eigenvalue weighted by atomic mass is 10.2. The highest BCUT2D eigenvalue weighted by atomic mass is 16.1. The second-order valence-corrected chi connectivity index (χ2v) is 3.18. The van der Waals surface area contributed by atoms with E-state index in [0.717, 1.165) is 19.4 Å². The number of nitrogen functional groups attached to an aromatic ring is 1. The normalized spacial score (nSPS) is 9.87. The molecule has 6 nitrogen and oxygen atoms in total. The number of amides is 1. The van der Waals surface area contributed by atoms with E-state index in [1.165, 1.54) is 6.20 Å². The van der Waals surface area contributed by atoms with Gasteiger partial charge >= 0.3 is 0 Å². The Balaban J connectivity index is 2.15. The summed E-state index contributed by atoms with van der Waals surface area (Å²) in [6.45, 7) is 0.742. The summed E-state index contributed by atoms with van der Waals surface area (Å²) in [6.07, 6.45) is 5.14. The summed E-state index contributed by atoms with van der Waals surface area (Å²) < 4.78 is 0. The third-order valence-electron chi connectivity index (χ3n) is 1.83. The molecule has 0 aliphatic rings. The molecule has 5 N–H and O–H groups in total. The van der Waals surface area contributed by atoms with E-state index in [1.807, 2.05) is 0 Å². The van der Waals surface area contributed by atoms with Gasteiger partial charge in [0.2, 0.25) is 5.91 Å². The maximum atomic E-state index is 10.4. The summed E-state index contributed by atoms with van der Waals surface area (Å²) in [5, 5.41) is 3.06. The van der Waals surface area contributed by atoms with E-state index in [0.29, 0.717) is 18.1 Å². The van der Waals surface area contributed by atoms with Crippen molar-refractivity contribution in [2.24, 2.45) is 5.73 Å². The van der Waals surface area contributed by atoms with Crippen molar-refractivity contribution < 1.29 is 4.79 Å². The summed E-state index contributed by atoms with van der Waals surface area (Å²) in [7, 11) is 0. The summed E-state index contributed by atoms with van der Waals surface area (Å²) in [4.78, 5) is 18.3. The average molecular weight is 209 g/mol. The number of aromatic nitrogens is 2. The van der Waals surface area contributed by atoms with Gasteiger partial charge in [0, 0.05) is 13.0 Å². The predicted octanol–water partition coefficient (Wildman–Crippen LogP) is 0.126. The third kappa shape index (κ3) is 4.80. The van der Waals surface area contributed by atoms with E-state index in [2.05, 4.69) is 15.3 Å². The van der Waals surface area contributed by atoms with E-state index < -0.39 is 0 Å². The Bertz CT molecular complexity index is 311. The number of anilines is 2. The Morgan fingerprint density at radius 1 is 1.33 bits per heavy atom. The van der Waals surface area contributed by atoms with Crippen LogP contribution in [0.4, 0.5) is 11.6 Å². The van der Waals surface area contributed by atoms with Crippen molar-refractivity contribution in [3.63, 3.8) is 0 Å². The van der Waals surface area contributed by atoms with Crippen LogP contribution in [0.5, 0.6) is 0 Å². The largest absolute Gasteiger partial charge is 0.382 e. The lowest BCUT2D eigenvalue weighted by Gasteiger charge is -2.03. The first-order valence-corrected chi connectivity index (χ1v) is 4.78. The molecule has 0 fully saturated rings. The first kappa shape index (κ1) is 11.2. The molecule has 0 saturated heterocycles. The number of hydrogen-bond acceptors (Lipinski definition) is 5. The van der Waals surface area contributed by atoms with Crippen LogP contribution in [0.15, 0.2) is 12.4 Å². The minimum absolute atomic E-state index is 0.262. The van der Waals surface area contributed by atoms with Gasteiger partial charge in [-0.25, -0.2) is 9.97 Å². The molecule has 0 unspecified atom stereocenters. The maximum absolute atomic E-state index is 10.4. The van der Waals surface area contributed by atoms with E-state index in [-0.39, 0.29) is 5.91 Å². The number of hydrogen-bond donors (Lipinski definition) is 3. The monoisotopic (exact) mass is 209 g/mol. The average Bonchev–Trinajstić information content (AvgIpc) is 2.20. The number of nitrogens with two attached hydrogens (primary N) is 2. The molecule has 15 heavy (non-hydrogen) atoms. The third-order valence-corrected chi connectivity index (χ3v) is 1.83. The molecule has 0 aliphatic carbocycles. The first-order chi connectivity index (χ1) is 7.18. The molecule has 0 aromatic carbocycles. The highest BCUT2D eigenvalue weighted by Gasteiger charge is 1.96. The van der Waals surface area contributed by atoms with Crippen LogP contribution in [-0.4, -0.2) is 22.4 Å². The van der Waals surface area contributed by atoms with Gasteiger partial charge in [-0.2, -0.15) is 0 Å². The number of rotatable bonds is 6. The molecule has 1 rings (SSSR count). The van der Waals surface area contributed by atoms with Crippen molar-refractivity contribution >= 4 is 17.5 Å². The van der Waals surface area contributed by atoms with Crippen LogP contribution in [0, 0.1) is 0 Å². The first-order valence-electron chi connectivity index (χ1n) is 4.78. The molecule has 82 valence electrons. The minimum Gasteiger partial charge on any atom is -0.382 e. The van der Waals surface area contributed by atoms with Crippen molar-refractivity contribution in [2.45, 2.75) is 19.3 Å². The number of unbranched alkanes of at least 4 members (excludes halogenated alkanes) is 1. The Hall–Kier alpha value is -1.85. The van der Waals surface area contributed by atoms with E-state index in [4.69, 9.17) is 11.5 Å². The molecule has 0 bridgehead atoms. The van der Waals surface area contributed by atoms with Gasteiger partial charge in [-0.05, 0) is 12.8 Å². The van der Waals surface area contributed by atoms with E-state index in [9.17, 15) is 4.79 Å². The SMILES string of the molecule is NC(=O)CCCCNc1cnc(N)cn1. The topological polar surface area (TPSA) is 107 Å². The van der Waals surface area contributed by atoms with Crippen LogP contribution in [0.25, 0.3) is 0 Å². The van der Waals surface area contributed by atoms with Gasteiger partial charge in [0.25, 0.3) is 0 Å². The number of carbonyl (C=O) groups excluding carboxylic acids is 1. The zero-order chi connectivity index (χ0) is 11.1. The van der Waals surface area contributed by atoms with Crippen molar-refractivity contribution in [3.05, 3.63) is 12.4 Å². The molecule has 0 saturated carbocycles. The Morgan fingerprint density at radius 3 is 2.73 bits per heavy atom. The predicted molar refractivity (Wildman–Crippen MR) is 58.0 cm³/mol. The Morgan fingerprint density at radius 2 is 2.13 bits per heavy atom. The number of primary amides is 1. The summed E-state index contributed by atoms with van der Waals surface area (Å²) in [5.74, 6) is 0.819. The maximum Gasteiger partial charge on any atom is 0.217 e. The molecule has 6 heteroatoms. The van der Waals surface area contributed by atoms with Gasteiger partial charge in [0.15, 0.2) is 0 Å². The second-order valence-electron chi connectivity index (χ2n) is 3.18. The molecule has 0 atom stereocenters.